The number of carbonyl (C=O) groups is 1. The number of nitrogens with one attached hydrogen (secondary N) is 1. The van der Waals surface area contributed by atoms with Gasteiger partial charge in [-0.05, 0) is 6.42 Å². The van der Waals surface area contributed by atoms with Crippen molar-refractivity contribution in [3.05, 3.63) is 21.3 Å². The van der Waals surface area contributed by atoms with Crippen molar-refractivity contribution in [1.82, 2.24) is 10.4 Å². The van der Waals surface area contributed by atoms with Crippen molar-refractivity contribution in [1.29, 1.82) is 0 Å². The lowest BCUT2D eigenvalue weighted by Crippen LogP contribution is -2.38. The Morgan fingerprint density at radius 2 is 2.46 bits per heavy atom. The van der Waals surface area contributed by atoms with Crippen molar-refractivity contribution in [2.45, 2.75) is 6.42 Å². The summed E-state index contributed by atoms with van der Waals surface area (Å²) in [4.78, 5) is 19.8. The van der Waals surface area contributed by atoms with Crippen LogP contribution >= 0.6 is 11.8 Å². The van der Waals surface area contributed by atoms with Crippen LogP contribution in [0.5, 0.6) is 0 Å². The summed E-state index contributed by atoms with van der Waals surface area (Å²) in [5.41, 5.74) is 2.40. The van der Waals surface area contributed by atoms with Gasteiger partial charge in [0.2, 0.25) is 6.41 Å². The van der Waals surface area contributed by atoms with Crippen LogP contribution in [0, 0.1) is 10.1 Å². The Morgan fingerprint density at radius 1 is 1.69 bits per heavy atom. The molecule has 0 atom stereocenters. The average Bonchev–Trinajstić information content (AvgIpc) is 2.08. The van der Waals surface area contributed by atoms with Crippen molar-refractivity contribution >= 4 is 18.2 Å². The van der Waals surface area contributed by atoms with Gasteiger partial charge in [0.15, 0.2) is 5.03 Å². The molecular weight excluding hydrogens is 194 g/mol. The fourth-order valence-electron chi connectivity index (χ4n) is 0.976. The number of rotatable bonds is 3. The van der Waals surface area contributed by atoms with Gasteiger partial charge in [0.25, 0.3) is 6.20 Å². The maximum Gasteiger partial charge on any atom is 0.265 e. The minimum atomic E-state index is -0.521. The predicted molar refractivity (Wildman–Crippen MR) is 48.1 cm³/mol. The second-order valence-corrected chi connectivity index (χ2v) is 3.47. The molecule has 0 aliphatic carbocycles. The zero-order valence-corrected chi connectivity index (χ0v) is 7.62. The lowest BCUT2D eigenvalue weighted by atomic mass is 10.4. The molecule has 0 radical (unpaired) electrons. The van der Waals surface area contributed by atoms with E-state index in [9.17, 15) is 14.9 Å². The molecule has 1 aliphatic heterocycles. The van der Waals surface area contributed by atoms with E-state index in [1.54, 1.807) is 0 Å². The molecule has 1 fully saturated rings. The highest BCUT2D eigenvalue weighted by Crippen LogP contribution is 2.24. The topological polar surface area (TPSA) is 75.5 Å². The number of nitro groups is 1. The number of nitrogens with zero attached hydrogens (tertiary/aromatic N) is 2. The zero-order chi connectivity index (χ0) is 9.68. The largest absolute Gasteiger partial charge is 0.277 e. The molecule has 6 nitrogen and oxygen atoms in total. The van der Waals surface area contributed by atoms with Crippen LogP contribution in [0.3, 0.4) is 0 Å². The van der Waals surface area contributed by atoms with Gasteiger partial charge in [0, 0.05) is 12.3 Å². The number of hydrogen-bond donors (Lipinski definition) is 1. The van der Waals surface area contributed by atoms with Crippen LogP contribution in [0.15, 0.2) is 11.2 Å². The Bertz CT molecular complexity index is 243. The maximum atomic E-state index is 10.2. The normalized spacial score (nSPS) is 20.0. The van der Waals surface area contributed by atoms with Crippen LogP contribution in [-0.2, 0) is 4.79 Å². The van der Waals surface area contributed by atoms with Gasteiger partial charge in [0.1, 0.15) is 0 Å². The minimum Gasteiger partial charge on any atom is -0.277 e. The van der Waals surface area contributed by atoms with Crippen molar-refractivity contribution in [2.75, 3.05) is 12.3 Å². The van der Waals surface area contributed by atoms with Gasteiger partial charge in [-0.1, -0.05) is 0 Å². The molecule has 1 rings (SSSR count). The summed E-state index contributed by atoms with van der Waals surface area (Å²) < 4.78 is 0. The Morgan fingerprint density at radius 3 is 3.08 bits per heavy atom. The number of hydrogen-bond acceptors (Lipinski definition) is 5. The smallest absolute Gasteiger partial charge is 0.265 e. The number of hydrazine groups is 1. The van der Waals surface area contributed by atoms with Gasteiger partial charge in [-0.2, -0.15) is 0 Å². The summed E-state index contributed by atoms with van der Waals surface area (Å²) in [6.07, 6.45) is 2.32. The molecule has 1 aliphatic rings. The molecule has 13 heavy (non-hydrogen) atoms. The van der Waals surface area contributed by atoms with E-state index in [2.05, 4.69) is 5.43 Å². The predicted octanol–water partition coefficient (Wildman–Crippen LogP) is 0.162. The van der Waals surface area contributed by atoms with Crippen LogP contribution in [-0.4, -0.2) is 28.6 Å². The lowest BCUT2D eigenvalue weighted by Gasteiger charge is -2.27. The van der Waals surface area contributed by atoms with Gasteiger partial charge in [-0.15, -0.1) is 11.8 Å². The summed E-state index contributed by atoms with van der Waals surface area (Å²) in [5.74, 6) is 0.844. The molecule has 0 aromatic carbocycles. The van der Waals surface area contributed by atoms with Crippen molar-refractivity contribution < 1.29 is 9.72 Å². The van der Waals surface area contributed by atoms with Gasteiger partial charge < -0.3 is 0 Å². The molecule has 1 heterocycles. The molecule has 0 spiro atoms. The number of amides is 1. The molecule has 0 saturated carbocycles. The summed E-state index contributed by atoms with van der Waals surface area (Å²) in [6.45, 7) is 0.616. The number of thioether (sulfide) groups is 1. The molecule has 0 aromatic heterocycles. The molecule has 72 valence electrons. The first kappa shape index (κ1) is 9.85. The molecule has 7 heteroatoms. The van der Waals surface area contributed by atoms with Gasteiger partial charge in [0.05, 0.1) is 4.92 Å². The van der Waals surface area contributed by atoms with E-state index in [0.717, 1.165) is 18.4 Å². The fraction of sp³-hybridized carbons (Fsp3) is 0.500. The second kappa shape index (κ2) is 4.70. The minimum absolute atomic E-state index is 0.475. The molecule has 0 unspecified atom stereocenters. The van der Waals surface area contributed by atoms with Crippen molar-refractivity contribution in [3.63, 3.8) is 0 Å². The summed E-state index contributed by atoms with van der Waals surface area (Å²) in [6, 6.07) is 0. The Labute approximate surface area is 79.1 Å². The van der Waals surface area contributed by atoms with Crippen LogP contribution in [0.1, 0.15) is 6.42 Å². The summed E-state index contributed by atoms with van der Waals surface area (Å²) >= 11 is 1.36. The van der Waals surface area contributed by atoms with E-state index in [4.69, 9.17) is 0 Å². The van der Waals surface area contributed by atoms with Crippen molar-refractivity contribution in [3.8, 4) is 0 Å². The van der Waals surface area contributed by atoms with Gasteiger partial charge in [-0.3, -0.25) is 25.3 Å². The Balaban J connectivity index is 2.66. The van der Waals surface area contributed by atoms with E-state index in [1.165, 1.54) is 16.8 Å². The van der Waals surface area contributed by atoms with Crippen LogP contribution in [0.4, 0.5) is 0 Å². The third kappa shape index (κ3) is 2.94. The SMILES string of the molecule is O=CNN1CCCS/C1=C\[N+](=O)[O-]. The molecule has 1 saturated heterocycles. The highest BCUT2D eigenvalue weighted by molar-refractivity contribution is 8.03. The monoisotopic (exact) mass is 203 g/mol. The van der Waals surface area contributed by atoms with Gasteiger partial charge >= 0.3 is 0 Å². The first-order chi connectivity index (χ1) is 6.24. The molecular formula is C6H9N3O3S. The van der Waals surface area contributed by atoms with E-state index in [0.29, 0.717) is 18.0 Å². The van der Waals surface area contributed by atoms with Gasteiger partial charge in [-0.25, -0.2) is 0 Å². The molecule has 0 bridgehead atoms. The summed E-state index contributed by atoms with van der Waals surface area (Å²) in [7, 11) is 0. The van der Waals surface area contributed by atoms with Crippen LogP contribution in [0.2, 0.25) is 0 Å². The van der Waals surface area contributed by atoms with Crippen LogP contribution < -0.4 is 5.43 Å². The highest BCUT2D eigenvalue weighted by atomic mass is 32.2. The average molecular weight is 203 g/mol. The van der Waals surface area contributed by atoms with Crippen LogP contribution in [0.25, 0.3) is 0 Å². The van der Waals surface area contributed by atoms with E-state index in [1.807, 2.05) is 0 Å². The second-order valence-electron chi connectivity index (χ2n) is 2.35. The molecule has 1 amide bonds. The van der Waals surface area contributed by atoms with E-state index in [-0.39, 0.29) is 0 Å². The Kier molecular flexibility index (Phi) is 3.56. The maximum absolute atomic E-state index is 10.2. The molecule has 0 aromatic rings. The van der Waals surface area contributed by atoms with E-state index >= 15 is 0 Å². The third-order valence-corrected chi connectivity index (χ3v) is 2.58. The third-order valence-electron chi connectivity index (χ3n) is 1.47. The first-order valence-corrected chi connectivity index (χ1v) is 4.68. The summed E-state index contributed by atoms with van der Waals surface area (Å²) in [5, 5.41) is 12.1. The molecule has 1 N–H and O–H groups in total. The van der Waals surface area contributed by atoms with E-state index < -0.39 is 4.92 Å². The number of carbonyl (C=O) groups excluding carboxylic acids is 1. The quantitative estimate of drug-likeness (QED) is 0.402. The Hall–Kier alpha value is -1.24. The standard InChI is InChI=1S/C6H9N3O3S/c10-5-7-8-2-1-3-13-6(8)4-9(11)12/h4-5H,1-3H2,(H,7,10)/b6-4-. The zero-order valence-electron chi connectivity index (χ0n) is 6.80. The first-order valence-electron chi connectivity index (χ1n) is 3.69. The lowest BCUT2D eigenvalue weighted by molar-refractivity contribution is -0.403. The fourth-order valence-corrected chi connectivity index (χ4v) is 1.92. The van der Waals surface area contributed by atoms with Crippen molar-refractivity contribution in [2.24, 2.45) is 0 Å². The highest BCUT2D eigenvalue weighted by Gasteiger charge is 2.17.